The van der Waals surface area contributed by atoms with Gasteiger partial charge in [0.2, 0.25) is 0 Å². The summed E-state index contributed by atoms with van der Waals surface area (Å²) in [4.78, 5) is 13.3. The Morgan fingerprint density at radius 1 is 0.960 bits per heavy atom. The van der Waals surface area contributed by atoms with Crippen molar-refractivity contribution >= 4 is 16.7 Å². The van der Waals surface area contributed by atoms with Gasteiger partial charge in [0.15, 0.2) is 17.1 Å². The molecule has 120 valence electrons. The highest BCUT2D eigenvalue weighted by atomic mass is 15.3. The first-order chi connectivity index (χ1) is 12.3. The minimum absolute atomic E-state index is 0.617. The number of rotatable bonds is 2. The third kappa shape index (κ3) is 2.09. The molecule has 0 fully saturated rings. The fourth-order valence-electron chi connectivity index (χ4n) is 2.92. The molecule has 4 aromatic heterocycles. The summed E-state index contributed by atoms with van der Waals surface area (Å²) in [7, 11) is 0. The van der Waals surface area contributed by atoms with Crippen molar-refractivity contribution in [2.24, 2.45) is 0 Å². The van der Waals surface area contributed by atoms with Gasteiger partial charge in [0, 0.05) is 18.0 Å². The van der Waals surface area contributed by atoms with E-state index in [1.165, 1.54) is 0 Å². The van der Waals surface area contributed by atoms with E-state index in [1.807, 2.05) is 35.0 Å². The van der Waals surface area contributed by atoms with Crippen LogP contribution in [0.5, 0.6) is 0 Å². The van der Waals surface area contributed by atoms with Crippen LogP contribution in [0.25, 0.3) is 33.8 Å². The SMILES string of the molecule is Cc1ccccc1-n1ncc2c1ncn1nc(-c3cccnc3)nc21. The van der Waals surface area contributed by atoms with E-state index in [-0.39, 0.29) is 0 Å². The van der Waals surface area contributed by atoms with Crippen LogP contribution in [-0.2, 0) is 0 Å². The second kappa shape index (κ2) is 5.20. The van der Waals surface area contributed by atoms with Crippen LogP contribution in [0.2, 0.25) is 0 Å². The van der Waals surface area contributed by atoms with Gasteiger partial charge in [0.25, 0.3) is 0 Å². The molecule has 0 aliphatic carbocycles. The Balaban J connectivity index is 1.74. The molecule has 7 nitrogen and oxygen atoms in total. The first kappa shape index (κ1) is 13.8. The molecule has 4 heterocycles. The molecule has 7 heteroatoms. The minimum Gasteiger partial charge on any atom is -0.264 e. The number of aryl methyl sites for hydroxylation is 1. The lowest BCUT2D eigenvalue weighted by atomic mass is 10.2. The van der Waals surface area contributed by atoms with E-state index >= 15 is 0 Å². The standard InChI is InChI=1S/C18H13N7/c1-12-5-2-3-7-15(12)25-17-14(10-21-25)18-22-16(23-24(18)11-20-17)13-6-4-8-19-9-13/h2-11H,1H3. The molecule has 0 atom stereocenters. The molecule has 0 aliphatic heterocycles. The van der Waals surface area contributed by atoms with Gasteiger partial charge in [-0.2, -0.15) is 5.10 Å². The summed E-state index contributed by atoms with van der Waals surface area (Å²) in [5.41, 5.74) is 4.48. The number of aromatic nitrogens is 7. The van der Waals surface area contributed by atoms with E-state index in [4.69, 9.17) is 0 Å². The van der Waals surface area contributed by atoms with Crippen LogP contribution in [0.1, 0.15) is 5.56 Å². The van der Waals surface area contributed by atoms with Gasteiger partial charge in [-0.1, -0.05) is 18.2 Å². The number of para-hydroxylation sites is 1. The van der Waals surface area contributed by atoms with Crippen molar-refractivity contribution in [3.05, 3.63) is 66.9 Å². The summed E-state index contributed by atoms with van der Waals surface area (Å²) < 4.78 is 3.51. The molecule has 0 bridgehead atoms. The maximum absolute atomic E-state index is 4.66. The maximum Gasteiger partial charge on any atom is 0.183 e. The van der Waals surface area contributed by atoms with Gasteiger partial charge in [-0.25, -0.2) is 19.2 Å². The highest BCUT2D eigenvalue weighted by Crippen LogP contribution is 2.23. The summed E-state index contributed by atoms with van der Waals surface area (Å²) in [5.74, 6) is 0.617. The Bertz CT molecular complexity index is 1200. The van der Waals surface area contributed by atoms with Crippen LogP contribution >= 0.6 is 0 Å². The molecule has 0 N–H and O–H groups in total. The molecule has 0 saturated carbocycles. The van der Waals surface area contributed by atoms with Crippen molar-refractivity contribution in [1.82, 2.24) is 34.3 Å². The van der Waals surface area contributed by atoms with Gasteiger partial charge in [0.05, 0.1) is 17.3 Å². The summed E-state index contributed by atoms with van der Waals surface area (Å²) in [6.45, 7) is 2.05. The summed E-state index contributed by atoms with van der Waals surface area (Å²) in [6.07, 6.45) is 6.92. The molecule has 0 aliphatic rings. The molecule has 0 amide bonds. The van der Waals surface area contributed by atoms with E-state index in [9.17, 15) is 0 Å². The van der Waals surface area contributed by atoms with Crippen LogP contribution in [0.3, 0.4) is 0 Å². The molecule has 25 heavy (non-hydrogen) atoms. The van der Waals surface area contributed by atoms with E-state index in [1.54, 1.807) is 29.4 Å². The summed E-state index contributed by atoms with van der Waals surface area (Å²) in [5, 5.41) is 9.87. The van der Waals surface area contributed by atoms with Crippen LogP contribution in [0.15, 0.2) is 61.3 Å². The number of hydrogen-bond acceptors (Lipinski definition) is 5. The second-order valence-corrected chi connectivity index (χ2v) is 5.77. The van der Waals surface area contributed by atoms with E-state index < -0.39 is 0 Å². The molecular formula is C18H13N7. The maximum atomic E-state index is 4.66. The van der Waals surface area contributed by atoms with Gasteiger partial charge >= 0.3 is 0 Å². The third-order valence-corrected chi connectivity index (χ3v) is 4.17. The van der Waals surface area contributed by atoms with Crippen LogP contribution in [-0.4, -0.2) is 34.3 Å². The van der Waals surface area contributed by atoms with Crippen LogP contribution < -0.4 is 0 Å². The van der Waals surface area contributed by atoms with Crippen LogP contribution in [0.4, 0.5) is 0 Å². The van der Waals surface area contributed by atoms with Crippen molar-refractivity contribution in [2.75, 3.05) is 0 Å². The summed E-state index contributed by atoms with van der Waals surface area (Å²) in [6, 6.07) is 11.9. The largest absolute Gasteiger partial charge is 0.264 e. The quantitative estimate of drug-likeness (QED) is 0.498. The Morgan fingerprint density at radius 3 is 2.72 bits per heavy atom. The van der Waals surface area contributed by atoms with Gasteiger partial charge < -0.3 is 0 Å². The highest BCUT2D eigenvalue weighted by Gasteiger charge is 2.15. The zero-order valence-electron chi connectivity index (χ0n) is 13.4. The Labute approximate surface area is 142 Å². The molecule has 5 rings (SSSR count). The number of benzene rings is 1. The zero-order chi connectivity index (χ0) is 16.8. The van der Waals surface area contributed by atoms with Crippen molar-refractivity contribution in [1.29, 1.82) is 0 Å². The fourth-order valence-corrected chi connectivity index (χ4v) is 2.92. The predicted molar refractivity (Wildman–Crippen MR) is 93.4 cm³/mol. The number of nitrogens with zero attached hydrogens (tertiary/aromatic N) is 7. The van der Waals surface area contributed by atoms with E-state index in [2.05, 4.69) is 38.1 Å². The van der Waals surface area contributed by atoms with Crippen molar-refractivity contribution in [2.45, 2.75) is 6.92 Å². The van der Waals surface area contributed by atoms with Gasteiger partial charge in [0.1, 0.15) is 6.33 Å². The molecule has 0 saturated heterocycles. The Kier molecular flexibility index (Phi) is 2.87. The monoisotopic (exact) mass is 327 g/mol. The van der Waals surface area contributed by atoms with Crippen LogP contribution in [0, 0.1) is 6.92 Å². The van der Waals surface area contributed by atoms with Crippen molar-refractivity contribution in [3.8, 4) is 17.1 Å². The lowest BCUT2D eigenvalue weighted by molar-refractivity contribution is 0.876. The van der Waals surface area contributed by atoms with E-state index in [0.29, 0.717) is 5.82 Å². The zero-order valence-corrected chi connectivity index (χ0v) is 13.4. The number of hydrogen-bond donors (Lipinski definition) is 0. The topological polar surface area (TPSA) is 73.8 Å². The first-order valence-electron chi connectivity index (χ1n) is 7.87. The summed E-state index contributed by atoms with van der Waals surface area (Å²) >= 11 is 0. The fraction of sp³-hybridized carbons (Fsp3) is 0.0556. The predicted octanol–water partition coefficient (Wildman–Crippen LogP) is 2.83. The lowest BCUT2D eigenvalue weighted by Gasteiger charge is -2.05. The van der Waals surface area contributed by atoms with Gasteiger partial charge in [-0.3, -0.25) is 4.98 Å². The molecule has 0 spiro atoms. The average Bonchev–Trinajstić information content (AvgIpc) is 3.26. The Morgan fingerprint density at radius 2 is 1.88 bits per heavy atom. The number of pyridine rings is 1. The molecule has 0 unspecified atom stereocenters. The Hall–Kier alpha value is -3.61. The van der Waals surface area contributed by atoms with E-state index in [0.717, 1.165) is 33.5 Å². The second-order valence-electron chi connectivity index (χ2n) is 5.77. The first-order valence-corrected chi connectivity index (χ1v) is 7.87. The lowest BCUT2D eigenvalue weighted by Crippen LogP contribution is -2.00. The van der Waals surface area contributed by atoms with Gasteiger partial charge in [-0.15, -0.1) is 5.10 Å². The average molecular weight is 327 g/mol. The third-order valence-electron chi connectivity index (χ3n) is 4.17. The molecule has 0 radical (unpaired) electrons. The molecule has 1 aromatic carbocycles. The van der Waals surface area contributed by atoms with Crippen molar-refractivity contribution in [3.63, 3.8) is 0 Å². The smallest absolute Gasteiger partial charge is 0.183 e. The number of fused-ring (bicyclic) bond motifs is 3. The minimum atomic E-state index is 0.617. The molecule has 5 aromatic rings. The van der Waals surface area contributed by atoms with Crippen molar-refractivity contribution < 1.29 is 0 Å². The van der Waals surface area contributed by atoms with Gasteiger partial charge in [-0.05, 0) is 30.7 Å². The normalized spacial score (nSPS) is 11.4. The molecular weight excluding hydrogens is 314 g/mol. The highest BCUT2D eigenvalue weighted by molar-refractivity contribution is 5.90.